The number of aromatic nitrogens is 4. The average Bonchev–Trinajstić information content (AvgIpc) is 3.17. The molecule has 0 N–H and O–H groups in total. The van der Waals surface area contributed by atoms with Gasteiger partial charge in [-0.2, -0.15) is 5.10 Å². The van der Waals surface area contributed by atoms with Gasteiger partial charge in [0.15, 0.2) is 5.65 Å². The molecule has 3 aromatic rings. The number of carbonyl (C=O) groups is 1. The molecule has 1 saturated heterocycles. The molecular weight excluding hydrogens is 412 g/mol. The summed E-state index contributed by atoms with van der Waals surface area (Å²) in [4.78, 5) is 26.4. The van der Waals surface area contributed by atoms with Crippen LogP contribution < -0.4 is 4.90 Å². The molecule has 0 saturated carbocycles. The van der Waals surface area contributed by atoms with Gasteiger partial charge in [-0.1, -0.05) is 51.4 Å². The summed E-state index contributed by atoms with van der Waals surface area (Å²) in [5.74, 6) is 2.43. The highest BCUT2D eigenvalue weighted by Crippen LogP contribution is 2.30. The molecule has 31 heavy (non-hydrogen) atoms. The predicted molar refractivity (Wildman–Crippen MR) is 124 cm³/mol. The predicted octanol–water partition coefficient (Wildman–Crippen LogP) is 4.29. The molecule has 1 amide bonds. The second-order valence-corrected chi connectivity index (χ2v) is 9.18. The number of halogens is 1. The van der Waals surface area contributed by atoms with Crippen molar-refractivity contribution in [2.45, 2.75) is 40.0 Å². The van der Waals surface area contributed by atoms with Crippen molar-refractivity contribution >= 4 is 34.4 Å². The molecule has 0 bridgehead atoms. The van der Waals surface area contributed by atoms with E-state index in [9.17, 15) is 4.79 Å². The molecular formula is C23H29ClN6O. The highest BCUT2D eigenvalue weighted by molar-refractivity contribution is 6.32. The number of carbonyl (C=O) groups excluding carboxylic acids is 1. The Hall–Kier alpha value is -2.67. The maximum Gasteiger partial charge on any atom is 0.222 e. The van der Waals surface area contributed by atoms with Gasteiger partial charge in [-0.3, -0.25) is 4.79 Å². The van der Waals surface area contributed by atoms with Crippen LogP contribution in [0.5, 0.6) is 0 Å². The second kappa shape index (κ2) is 8.83. The van der Waals surface area contributed by atoms with Crippen molar-refractivity contribution in [3.63, 3.8) is 0 Å². The molecule has 0 radical (unpaired) electrons. The number of anilines is 1. The fourth-order valence-corrected chi connectivity index (χ4v) is 4.07. The minimum Gasteiger partial charge on any atom is -0.352 e. The SMILES string of the molecule is CC(C)CC(=O)N1CCN(c2nc(C(C)C)nc3c2cnn3-c2ccccc2Cl)CC1. The third kappa shape index (κ3) is 4.37. The first-order chi connectivity index (χ1) is 14.8. The standard InChI is InChI=1S/C23H29ClN6O/c1-15(2)13-20(31)28-9-11-29(12-10-28)22-17-14-25-30(19-8-6-5-7-18(19)24)23(17)27-21(26-22)16(3)4/h5-8,14-16H,9-13H2,1-4H3. The average molecular weight is 441 g/mol. The van der Waals surface area contributed by atoms with Crippen LogP contribution in [0, 0.1) is 5.92 Å². The van der Waals surface area contributed by atoms with Gasteiger partial charge < -0.3 is 9.80 Å². The number of nitrogens with zero attached hydrogens (tertiary/aromatic N) is 6. The van der Waals surface area contributed by atoms with Crippen molar-refractivity contribution < 1.29 is 4.79 Å². The van der Waals surface area contributed by atoms with E-state index in [1.165, 1.54) is 0 Å². The number of fused-ring (bicyclic) bond motifs is 1. The lowest BCUT2D eigenvalue weighted by molar-refractivity contribution is -0.132. The van der Waals surface area contributed by atoms with Gasteiger partial charge >= 0.3 is 0 Å². The normalized spacial score (nSPS) is 14.8. The van der Waals surface area contributed by atoms with Crippen molar-refractivity contribution in [2.75, 3.05) is 31.1 Å². The fourth-order valence-electron chi connectivity index (χ4n) is 3.85. The van der Waals surface area contributed by atoms with E-state index in [0.29, 0.717) is 30.5 Å². The lowest BCUT2D eigenvalue weighted by Gasteiger charge is -2.36. The Morgan fingerprint density at radius 1 is 1.06 bits per heavy atom. The lowest BCUT2D eigenvalue weighted by Crippen LogP contribution is -2.49. The minimum atomic E-state index is 0.173. The topological polar surface area (TPSA) is 67.2 Å². The lowest BCUT2D eigenvalue weighted by atomic mass is 10.1. The molecule has 2 aromatic heterocycles. The summed E-state index contributed by atoms with van der Waals surface area (Å²) >= 11 is 6.44. The molecule has 7 nitrogen and oxygen atoms in total. The van der Waals surface area contributed by atoms with Crippen molar-refractivity contribution in [1.82, 2.24) is 24.6 Å². The highest BCUT2D eigenvalue weighted by atomic mass is 35.5. The quantitative estimate of drug-likeness (QED) is 0.592. The van der Waals surface area contributed by atoms with Crippen LogP contribution in [0.3, 0.4) is 0 Å². The number of amides is 1. The molecule has 8 heteroatoms. The van der Waals surface area contributed by atoms with Crippen LogP contribution in [0.4, 0.5) is 5.82 Å². The van der Waals surface area contributed by atoms with Crippen LogP contribution in [0.1, 0.15) is 45.9 Å². The largest absolute Gasteiger partial charge is 0.352 e. The van der Waals surface area contributed by atoms with Gasteiger partial charge in [0.05, 0.1) is 22.3 Å². The van der Waals surface area contributed by atoms with Crippen LogP contribution in [0.15, 0.2) is 30.5 Å². The first kappa shape index (κ1) is 21.6. The van der Waals surface area contributed by atoms with Crippen molar-refractivity contribution in [3.8, 4) is 5.69 Å². The zero-order valence-electron chi connectivity index (χ0n) is 18.5. The van der Waals surface area contributed by atoms with Crippen LogP contribution in [0.2, 0.25) is 5.02 Å². The summed E-state index contributed by atoms with van der Waals surface area (Å²) in [6.07, 6.45) is 2.41. The summed E-state index contributed by atoms with van der Waals surface area (Å²) < 4.78 is 1.79. The Morgan fingerprint density at radius 3 is 2.42 bits per heavy atom. The number of para-hydroxylation sites is 1. The van der Waals surface area contributed by atoms with Crippen molar-refractivity contribution in [1.29, 1.82) is 0 Å². The molecule has 164 valence electrons. The van der Waals surface area contributed by atoms with Gasteiger partial charge in [-0.25, -0.2) is 14.6 Å². The van der Waals surface area contributed by atoms with Gasteiger partial charge in [0, 0.05) is 38.5 Å². The number of hydrogen-bond donors (Lipinski definition) is 0. The third-order valence-electron chi connectivity index (χ3n) is 5.54. The monoisotopic (exact) mass is 440 g/mol. The molecule has 0 aliphatic carbocycles. The van der Waals surface area contributed by atoms with Gasteiger partial charge in [-0.15, -0.1) is 0 Å². The van der Waals surface area contributed by atoms with E-state index in [0.717, 1.165) is 41.5 Å². The molecule has 1 aliphatic heterocycles. The zero-order chi connectivity index (χ0) is 22.1. The minimum absolute atomic E-state index is 0.173. The summed E-state index contributed by atoms with van der Waals surface area (Å²) in [5.41, 5.74) is 1.54. The van der Waals surface area contributed by atoms with E-state index in [-0.39, 0.29) is 11.8 Å². The Morgan fingerprint density at radius 2 is 1.77 bits per heavy atom. The number of hydrogen-bond acceptors (Lipinski definition) is 5. The van der Waals surface area contributed by atoms with E-state index in [4.69, 9.17) is 21.6 Å². The molecule has 1 aromatic carbocycles. The van der Waals surface area contributed by atoms with Crippen LogP contribution in [0.25, 0.3) is 16.7 Å². The van der Waals surface area contributed by atoms with Gasteiger partial charge in [-0.05, 0) is 18.1 Å². The van der Waals surface area contributed by atoms with Crippen LogP contribution >= 0.6 is 11.6 Å². The van der Waals surface area contributed by atoms with E-state index >= 15 is 0 Å². The van der Waals surface area contributed by atoms with Crippen molar-refractivity contribution in [3.05, 3.63) is 41.3 Å². The molecule has 0 spiro atoms. The molecule has 4 rings (SSSR count). The molecule has 0 atom stereocenters. The Balaban J connectivity index is 1.69. The number of benzene rings is 1. The van der Waals surface area contributed by atoms with E-state index in [1.807, 2.05) is 35.4 Å². The molecule has 1 aliphatic rings. The highest BCUT2D eigenvalue weighted by Gasteiger charge is 2.26. The maximum absolute atomic E-state index is 12.5. The zero-order valence-corrected chi connectivity index (χ0v) is 19.3. The van der Waals surface area contributed by atoms with Crippen molar-refractivity contribution in [2.24, 2.45) is 5.92 Å². The fraction of sp³-hybridized carbons (Fsp3) is 0.478. The first-order valence-electron chi connectivity index (χ1n) is 10.9. The van der Waals surface area contributed by atoms with E-state index in [1.54, 1.807) is 4.68 Å². The molecule has 0 unspecified atom stereocenters. The summed E-state index contributed by atoms with van der Waals surface area (Å²) in [5, 5.41) is 6.11. The van der Waals surface area contributed by atoms with Crippen LogP contribution in [-0.2, 0) is 4.79 Å². The Kier molecular flexibility index (Phi) is 6.14. The first-order valence-corrected chi connectivity index (χ1v) is 11.3. The number of piperazine rings is 1. The van der Waals surface area contributed by atoms with E-state index < -0.39 is 0 Å². The van der Waals surface area contributed by atoms with Gasteiger partial charge in [0.2, 0.25) is 5.91 Å². The Labute approximate surface area is 188 Å². The summed E-state index contributed by atoms with van der Waals surface area (Å²) in [7, 11) is 0. The van der Waals surface area contributed by atoms with Crippen LogP contribution in [-0.4, -0.2) is 56.7 Å². The number of rotatable bonds is 5. The molecule has 3 heterocycles. The Bertz CT molecular complexity index is 1080. The third-order valence-corrected chi connectivity index (χ3v) is 5.86. The van der Waals surface area contributed by atoms with Gasteiger partial charge in [0.25, 0.3) is 0 Å². The van der Waals surface area contributed by atoms with E-state index in [2.05, 4.69) is 37.7 Å². The maximum atomic E-state index is 12.5. The van der Waals surface area contributed by atoms with Gasteiger partial charge in [0.1, 0.15) is 11.6 Å². The second-order valence-electron chi connectivity index (χ2n) is 8.77. The summed E-state index contributed by atoms with van der Waals surface area (Å²) in [6.45, 7) is 11.2. The summed E-state index contributed by atoms with van der Waals surface area (Å²) in [6, 6.07) is 7.62. The molecule has 1 fully saturated rings. The smallest absolute Gasteiger partial charge is 0.222 e.